The molecule has 0 N–H and O–H groups in total. The fraction of sp³-hybridized carbons (Fsp3) is 0. The van der Waals surface area contributed by atoms with Crippen LogP contribution >= 0.6 is 0 Å². The molecule has 4 nitrogen and oxygen atoms in total. The standard InChI is InChI=1S/C32H19N3O/c1-33-29-20-19-25(21-30(29)34-2)35(23-9-4-3-5-10-23)24-17-15-22(16-18-24)26-12-8-13-28-27-11-6-7-14-31(27)36-32(26)28/h3-21H. The van der Waals surface area contributed by atoms with Crippen molar-refractivity contribution in [3.63, 3.8) is 0 Å². The summed E-state index contributed by atoms with van der Waals surface area (Å²) in [7, 11) is 0. The van der Waals surface area contributed by atoms with Crippen molar-refractivity contribution in [1.82, 2.24) is 0 Å². The van der Waals surface area contributed by atoms with Crippen molar-refractivity contribution in [2.45, 2.75) is 0 Å². The largest absolute Gasteiger partial charge is 0.455 e. The molecule has 0 amide bonds. The Morgan fingerprint density at radius 3 is 2.00 bits per heavy atom. The summed E-state index contributed by atoms with van der Waals surface area (Å²) in [5.74, 6) is 0. The van der Waals surface area contributed by atoms with Crippen molar-refractivity contribution in [3.05, 3.63) is 138 Å². The van der Waals surface area contributed by atoms with Crippen molar-refractivity contribution in [2.24, 2.45) is 0 Å². The normalized spacial score (nSPS) is 10.7. The Morgan fingerprint density at radius 2 is 1.22 bits per heavy atom. The smallest absolute Gasteiger partial charge is 0.196 e. The summed E-state index contributed by atoms with van der Waals surface area (Å²) in [4.78, 5) is 9.14. The molecule has 0 radical (unpaired) electrons. The minimum Gasteiger partial charge on any atom is -0.455 e. The Morgan fingerprint density at radius 1 is 0.556 bits per heavy atom. The highest BCUT2D eigenvalue weighted by Gasteiger charge is 2.16. The second-order valence-electron chi connectivity index (χ2n) is 8.39. The van der Waals surface area contributed by atoms with Gasteiger partial charge in [0.2, 0.25) is 0 Å². The van der Waals surface area contributed by atoms with Crippen LogP contribution in [-0.4, -0.2) is 0 Å². The van der Waals surface area contributed by atoms with E-state index in [0.717, 1.165) is 50.1 Å². The molecule has 0 aliphatic heterocycles. The van der Waals surface area contributed by atoms with Gasteiger partial charge in [0.25, 0.3) is 0 Å². The molecular formula is C32H19N3O. The van der Waals surface area contributed by atoms with Gasteiger partial charge in [0.05, 0.1) is 13.1 Å². The summed E-state index contributed by atoms with van der Waals surface area (Å²) < 4.78 is 6.24. The molecule has 6 rings (SSSR count). The number of rotatable bonds is 4. The fourth-order valence-electron chi connectivity index (χ4n) is 4.62. The zero-order valence-corrected chi connectivity index (χ0v) is 19.2. The van der Waals surface area contributed by atoms with Crippen molar-refractivity contribution in [2.75, 3.05) is 4.90 Å². The van der Waals surface area contributed by atoms with Crippen LogP contribution in [0.15, 0.2) is 120 Å². The van der Waals surface area contributed by atoms with E-state index in [0.29, 0.717) is 11.4 Å². The van der Waals surface area contributed by atoms with E-state index in [1.54, 1.807) is 12.1 Å². The summed E-state index contributed by atoms with van der Waals surface area (Å²) >= 11 is 0. The predicted molar refractivity (Wildman–Crippen MR) is 146 cm³/mol. The molecule has 36 heavy (non-hydrogen) atoms. The third-order valence-electron chi connectivity index (χ3n) is 6.31. The van der Waals surface area contributed by atoms with Gasteiger partial charge in [-0.25, -0.2) is 0 Å². The molecular weight excluding hydrogens is 442 g/mol. The first-order chi connectivity index (χ1) is 17.8. The molecule has 0 saturated heterocycles. The van der Waals surface area contributed by atoms with Gasteiger partial charge < -0.3 is 9.32 Å². The molecule has 0 fully saturated rings. The first kappa shape index (κ1) is 21.2. The molecule has 1 heterocycles. The van der Waals surface area contributed by atoms with E-state index in [9.17, 15) is 0 Å². The molecule has 5 aromatic carbocycles. The Labute approximate surface area is 208 Å². The van der Waals surface area contributed by atoms with Crippen LogP contribution < -0.4 is 4.90 Å². The maximum Gasteiger partial charge on any atom is 0.196 e. The van der Waals surface area contributed by atoms with Gasteiger partial charge in [-0.15, -0.1) is 0 Å². The molecule has 0 aliphatic rings. The van der Waals surface area contributed by atoms with E-state index in [-0.39, 0.29) is 0 Å². The van der Waals surface area contributed by atoms with Gasteiger partial charge in [-0.1, -0.05) is 78.9 Å². The van der Waals surface area contributed by atoms with Crippen LogP contribution in [-0.2, 0) is 0 Å². The Balaban J connectivity index is 1.46. The number of para-hydroxylation sites is 3. The molecule has 0 saturated carbocycles. The van der Waals surface area contributed by atoms with Crippen LogP contribution in [0.1, 0.15) is 0 Å². The van der Waals surface area contributed by atoms with Gasteiger partial charge in [-0.3, -0.25) is 9.69 Å². The van der Waals surface area contributed by atoms with Crippen LogP contribution in [0.25, 0.3) is 42.8 Å². The molecule has 0 spiro atoms. The lowest BCUT2D eigenvalue weighted by Crippen LogP contribution is -2.09. The van der Waals surface area contributed by atoms with Crippen molar-refractivity contribution >= 4 is 50.4 Å². The first-order valence-corrected chi connectivity index (χ1v) is 11.5. The van der Waals surface area contributed by atoms with Gasteiger partial charge in [0.1, 0.15) is 11.2 Å². The number of anilines is 3. The second kappa shape index (κ2) is 8.80. The maximum atomic E-state index is 7.52. The zero-order valence-electron chi connectivity index (χ0n) is 19.2. The third-order valence-corrected chi connectivity index (χ3v) is 6.31. The molecule has 0 atom stereocenters. The van der Waals surface area contributed by atoms with Gasteiger partial charge in [-0.05, 0) is 42.0 Å². The fourth-order valence-corrected chi connectivity index (χ4v) is 4.62. The summed E-state index contributed by atoms with van der Waals surface area (Å²) in [6.45, 7) is 14.9. The summed E-state index contributed by atoms with van der Waals surface area (Å²) in [5, 5.41) is 2.21. The number of hydrogen-bond donors (Lipinski definition) is 0. The monoisotopic (exact) mass is 461 g/mol. The predicted octanol–water partition coefficient (Wildman–Crippen LogP) is 9.82. The minimum atomic E-state index is 0.344. The van der Waals surface area contributed by atoms with Crippen molar-refractivity contribution < 1.29 is 4.42 Å². The molecule has 0 unspecified atom stereocenters. The summed E-state index contributed by atoms with van der Waals surface area (Å²) in [6.07, 6.45) is 0. The number of nitrogens with zero attached hydrogens (tertiary/aromatic N) is 3. The molecule has 0 bridgehead atoms. The van der Waals surface area contributed by atoms with Crippen LogP contribution in [0, 0.1) is 13.1 Å². The summed E-state index contributed by atoms with van der Waals surface area (Å²) in [6, 6.07) is 38.1. The molecule has 1 aromatic heterocycles. The molecule has 6 aromatic rings. The topological polar surface area (TPSA) is 25.1 Å². The van der Waals surface area contributed by atoms with Crippen LogP contribution in [0.5, 0.6) is 0 Å². The average Bonchev–Trinajstić information content (AvgIpc) is 3.33. The van der Waals surface area contributed by atoms with Gasteiger partial charge >= 0.3 is 0 Å². The van der Waals surface area contributed by atoms with E-state index in [1.807, 2.05) is 54.6 Å². The Hall–Kier alpha value is -5.32. The SMILES string of the molecule is [C-]#[N+]c1ccc(N(c2ccccc2)c2ccc(-c3cccc4c3oc3ccccc34)cc2)cc1[N+]#[C-]. The molecule has 168 valence electrons. The van der Waals surface area contributed by atoms with Crippen LogP contribution in [0.2, 0.25) is 0 Å². The number of benzene rings is 5. The second-order valence-corrected chi connectivity index (χ2v) is 8.39. The van der Waals surface area contributed by atoms with Crippen molar-refractivity contribution in [1.29, 1.82) is 0 Å². The highest BCUT2D eigenvalue weighted by Crippen LogP contribution is 2.41. The average molecular weight is 462 g/mol. The first-order valence-electron chi connectivity index (χ1n) is 11.5. The minimum absolute atomic E-state index is 0.344. The van der Waals surface area contributed by atoms with Gasteiger partial charge in [0.15, 0.2) is 11.4 Å². The van der Waals surface area contributed by atoms with Gasteiger partial charge in [-0.2, -0.15) is 0 Å². The van der Waals surface area contributed by atoms with E-state index in [4.69, 9.17) is 17.6 Å². The van der Waals surface area contributed by atoms with E-state index in [2.05, 4.69) is 63.1 Å². The van der Waals surface area contributed by atoms with Crippen LogP contribution in [0.4, 0.5) is 28.4 Å². The van der Waals surface area contributed by atoms with E-state index >= 15 is 0 Å². The number of fused-ring (bicyclic) bond motifs is 3. The number of hydrogen-bond acceptors (Lipinski definition) is 2. The highest BCUT2D eigenvalue weighted by molar-refractivity contribution is 6.09. The lowest BCUT2D eigenvalue weighted by Gasteiger charge is -2.26. The molecule has 4 heteroatoms. The van der Waals surface area contributed by atoms with Crippen LogP contribution in [0.3, 0.4) is 0 Å². The summed E-state index contributed by atoms with van der Waals surface area (Å²) in [5.41, 5.74) is 7.30. The highest BCUT2D eigenvalue weighted by atomic mass is 16.3. The third kappa shape index (κ3) is 3.55. The van der Waals surface area contributed by atoms with Gasteiger partial charge in [0, 0.05) is 33.4 Å². The Kier molecular flexibility index (Phi) is 5.19. The number of furan rings is 1. The lowest BCUT2D eigenvalue weighted by molar-refractivity contribution is 0.670. The molecule has 0 aliphatic carbocycles. The quantitative estimate of drug-likeness (QED) is 0.244. The van der Waals surface area contributed by atoms with E-state index < -0.39 is 0 Å². The lowest BCUT2D eigenvalue weighted by atomic mass is 10.0. The zero-order chi connectivity index (χ0) is 24.5. The maximum absolute atomic E-state index is 7.52. The van der Waals surface area contributed by atoms with Crippen molar-refractivity contribution in [3.8, 4) is 11.1 Å². The van der Waals surface area contributed by atoms with E-state index in [1.165, 1.54) is 0 Å². The Bertz CT molecular complexity index is 1800.